The van der Waals surface area contributed by atoms with E-state index >= 15 is 0 Å². The fourth-order valence-electron chi connectivity index (χ4n) is 2.44. The summed E-state index contributed by atoms with van der Waals surface area (Å²) in [5, 5.41) is 0. The summed E-state index contributed by atoms with van der Waals surface area (Å²) in [5.74, 6) is 1.46. The highest BCUT2D eigenvalue weighted by Crippen LogP contribution is 2.34. The van der Waals surface area contributed by atoms with E-state index in [4.69, 9.17) is 10.5 Å². The van der Waals surface area contributed by atoms with Gasteiger partial charge in [-0.05, 0) is 37.0 Å². The molecular weight excluding hydrogens is 260 g/mol. The van der Waals surface area contributed by atoms with Crippen LogP contribution in [0.3, 0.4) is 0 Å². The van der Waals surface area contributed by atoms with Crippen molar-refractivity contribution in [3.8, 4) is 11.6 Å². The number of hydrogen-bond acceptors (Lipinski definition) is 3. The van der Waals surface area contributed by atoms with Crippen molar-refractivity contribution in [3.05, 3.63) is 52.7 Å². The minimum Gasteiger partial charge on any atom is -0.438 e. The maximum absolute atomic E-state index is 6.13. The molecule has 21 heavy (non-hydrogen) atoms. The number of aromatic nitrogens is 1. The molecule has 2 N–H and O–H groups in total. The Balaban J connectivity index is 2.49. The van der Waals surface area contributed by atoms with E-state index in [1.54, 1.807) is 0 Å². The molecule has 1 aromatic carbocycles. The van der Waals surface area contributed by atoms with Gasteiger partial charge in [0, 0.05) is 23.4 Å². The lowest BCUT2D eigenvalue weighted by Gasteiger charge is -2.23. The first kappa shape index (κ1) is 15.5. The van der Waals surface area contributed by atoms with Crippen molar-refractivity contribution in [1.82, 2.24) is 4.98 Å². The average Bonchev–Trinajstić information content (AvgIpc) is 2.37. The van der Waals surface area contributed by atoms with Crippen molar-refractivity contribution in [2.75, 3.05) is 0 Å². The van der Waals surface area contributed by atoms with Crippen LogP contribution in [0.15, 0.2) is 30.3 Å². The van der Waals surface area contributed by atoms with Gasteiger partial charge in [-0.25, -0.2) is 4.98 Å². The van der Waals surface area contributed by atoms with Crippen molar-refractivity contribution in [2.45, 2.75) is 46.6 Å². The Bertz CT molecular complexity index is 642. The number of nitrogens with zero attached hydrogens (tertiary/aromatic N) is 1. The Morgan fingerprint density at radius 2 is 1.81 bits per heavy atom. The fourth-order valence-corrected chi connectivity index (χ4v) is 2.44. The monoisotopic (exact) mass is 284 g/mol. The van der Waals surface area contributed by atoms with Crippen LogP contribution in [0, 0.1) is 13.8 Å². The number of ether oxygens (including phenoxy) is 1. The molecule has 3 nitrogen and oxygen atoms in total. The first-order valence-electron chi connectivity index (χ1n) is 7.27. The molecule has 0 radical (unpaired) electrons. The largest absolute Gasteiger partial charge is 0.438 e. The van der Waals surface area contributed by atoms with Crippen LogP contribution < -0.4 is 10.5 Å². The zero-order chi connectivity index (χ0) is 15.6. The van der Waals surface area contributed by atoms with Crippen LogP contribution in [-0.4, -0.2) is 4.98 Å². The van der Waals surface area contributed by atoms with E-state index in [1.807, 2.05) is 38.1 Å². The van der Waals surface area contributed by atoms with Crippen LogP contribution >= 0.6 is 0 Å². The van der Waals surface area contributed by atoms with E-state index < -0.39 is 0 Å². The summed E-state index contributed by atoms with van der Waals surface area (Å²) in [7, 11) is 0. The van der Waals surface area contributed by atoms with Crippen LogP contribution in [0.2, 0.25) is 0 Å². The lowest BCUT2D eigenvalue weighted by molar-refractivity contribution is 0.433. The normalized spacial score (nSPS) is 11.5. The van der Waals surface area contributed by atoms with Gasteiger partial charge in [-0.2, -0.15) is 0 Å². The Kier molecular flexibility index (Phi) is 4.33. The number of benzene rings is 1. The summed E-state index contributed by atoms with van der Waals surface area (Å²) in [5.41, 5.74) is 10.1. The zero-order valence-electron chi connectivity index (χ0n) is 13.5. The standard InChI is InChI=1S/C18H24N2O/c1-12-10-13(2)20-17(14(12)11-19)21-16-9-7-6-8-15(16)18(3,4)5/h6-10H,11,19H2,1-5H3. The lowest BCUT2D eigenvalue weighted by Crippen LogP contribution is -2.13. The third-order valence-corrected chi connectivity index (χ3v) is 3.54. The van der Waals surface area contributed by atoms with Gasteiger partial charge in [0.25, 0.3) is 0 Å². The van der Waals surface area contributed by atoms with E-state index in [1.165, 1.54) is 0 Å². The number of pyridine rings is 1. The topological polar surface area (TPSA) is 48.1 Å². The molecule has 0 bridgehead atoms. The Labute approximate surface area is 127 Å². The first-order chi connectivity index (χ1) is 9.82. The smallest absolute Gasteiger partial charge is 0.224 e. The maximum Gasteiger partial charge on any atom is 0.224 e. The van der Waals surface area contributed by atoms with E-state index in [9.17, 15) is 0 Å². The van der Waals surface area contributed by atoms with Gasteiger partial charge in [0.05, 0.1) is 0 Å². The molecule has 0 amide bonds. The third-order valence-electron chi connectivity index (χ3n) is 3.54. The molecule has 3 heteroatoms. The molecule has 0 aliphatic carbocycles. The average molecular weight is 284 g/mol. The van der Waals surface area contributed by atoms with Gasteiger partial charge < -0.3 is 10.5 Å². The highest BCUT2D eigenvalue weighted by molar-refractivity contribution is 5.43. The molecule has 1 aromatic heterocycles. The van der Waals surface area contributed by atoms with Gasteiger partial charge in [-0.1, -0.05) is 39.0 Å². The molecule has 0 fully saturated rings. The first-order valence-corrected chi connectivity index (χ1v) is 7.27. The van der Waals surface area contributed by atoms with E-state index in [0.29, 0.717) is 12.4 Å². The van der Waals surface area contributed by atoms with Gasteiger partial charge in [0.1, 0.15) is 5.75 Å². The van der Waals surface area contributed by atoms with Crippen molar-refractivity contribution in [1.29, 1.82) is 0 Å². The molecule has 0 saturated carbocycles. The molecule has 112 valence electrons. The molecule has 0 aliphatic heterocycles. The minimum atomic E-state index is 0.0122. The quantitative estimate of drug-likeness (QED) is 0.916. The summed E-state index contributed by atoms with van der Waals surface area (Å²) < 4.78 is 6.13. The summed E-state index contributed by atoms with van der Waals surface area (Å²) in [4.78, 5) is 4.52. The molecule has 2 aromatic rings. The second-order valence-corrected chi connectivity index (χ2v) is 6.42. The molecule has 0 spiro atoms. The summed E-state index contributed by atoms with van der Waals surface area (Å²) in [6.07, 6.45) is 0. The van der Waals surface area contributed by atoms with Crippen LogP contribution in [0.4, 0.5) is 0 Å². The van der Waals surface area contributed by atoms with Gasteiger partial charge in [-0.15, -0.1) is 0 Å². The molecule has 2 rings (SSSR count). The number of aryl methyl sites for hydroxylation is 2. The maximum atomic E-state index is 6.13. The highest BCUT2D eigenvalue weighted by Gasteiger charge is 2.20. The Morgan fingerprint density at radius 3 is 2.43 bits per heavy atom. The van der Waals surface area contributed by atoms with Crippen LogP contribution in [0.1, 0.15) is 43.2 Å². The lowest BCUT2D eigenvalue weighted by atomic mass is 9.86. The summed E-state index contributed by atoms with van der Waals surface area (Å²) in [6, 6.07) is 10.1. The molecule has 0 saturated heterocycles. The Hall–Kier alpha value is -1.87. The van der Waals surface area contributed by atoms with Gasteiger partial charge in [-0.3, -0.25) is 0 Å². The molecular formula is C18H24N2O. The van der Waals surface area contributed by atoms with Crippen molar-refractivity contribution in [3.63, 3.8) is 0 Å². The summed E-state index contributed by atoms with van der Waals surface area (Å²) >= 11 is 0. The predicted octanol–water partition coefficient (Wildman–Crippen LogP) is 4.25. The van der Waals surface area contributed by atoms with Gasteiger partial charge >= 0.3 is 0 Å². The van der Waals surface area contributed by atoms with Gasteiger partial charge in [0.2, 0.25) is 5.88 Å². The van der Waals surface area contributed by atoms with Crippen LogP contribution in [-0.2, 0) is 12.0 Å². The predicted molar refractivity (Wildman–Crippen MR) is 86.8 cm³/mol. The molecule has 0 unspecified atom stereocenters. The fraction of sp³-hybridized carbons (Fsp3) is 0.389. The van der Waals surface area contributed by atoms with Crippen molar-refractivity contribution in [2.24, 2.45) is 5.73 Å². The molecule has 1 heterocycles. The second-order valence-electron chi connectivity index (χ2n) is 6.42. The number of nitrogens with two attached hydrogens (primary N) is 1. The van der Waals surface area contributed by atoms with E-state index in [-0.39, 0.29) is 5.41 Å². The molecule has 0 aliphatic rings. The second kappa shape index (κ2) is 5.86. The zero-order valence-corrected chi connectivity index (χ0v) is 13.5. The van der Waals surface area contributed by atoms with Gasteiger partial charge in [0.15, 0.2) is 0 Å². The minimum absolute atomic E-state index is 0.0122. The van der Waals surface area contributed by atoms with Crippen LogP contribution in [0.25, 0.3) is 0 Å². The molecule has 0 atom stereocenters. The number of hydrogen-bond donors (Lipinski definition) is 1. The number of rotatable bonds is 3. The Morgan fingerprint density at radius 1 is 1.14 bits per heavy atom. The van der Waals surface area contributed by atoms with Crippen molar-refractivity contribution < 1.29 is 4.74 Å². The third kappa shape index (κ3) is 3.42. The number of para-hydroxylation sites is 1. The van der Waals surface area contributed by atoms with Crippen molar-refractivity contribution >= 4 is 0 Å². The van der Waals surface area contributed by atoms with E-state index in [0.717, 1.165) is 28.1 Å². The van der Waals surface area contributed by atoms with Crippen LogP contribution in [0.5, 0.6) is 11.6 Å². The SMILES string of the molecule is Cc1cc(C)c(CN)c(Oc2ccccc2C(C)(C)C)n1. The highest BCUT2D eigenvalue weighted by atomic mass is 16.5. The summed E-state index contributed by atoms with van der Waals surface area (Å²) in [6.45, 7) is 11.0. The van der Waals surface area contributed by atoms with E-state index in [2.05, 4.69) is 31.8 Å².